The van der Waals surface area contributed by atoms with Gasteiger partial charge in [-0.2, -0.15) is 8.78 Å². The van der Waals surface area contributed by atoms with Crippen molar-refractivity contribution in [2.45, 2.75) is 32.3 Å². The van der Waals surface area contributed by atoms with Crippen molar-refractivity contribution in [3.05, 3.63) is 29.8 Å². The number of alkyl halides is 2. The molecule has 0 spiro atoms. The van der Waals surface area contributed by atoms with Gasteiger partial charge < -0.3 is 4.74 Å². The maximum absolute atomic E-state index is 12.2. The minimum absolute atomic E-state index is 0.0144. The molecule has 0 amide bonds. The molecule has 1 aromatic rings. The van der Waals surface area contributed by atoms with Gasteiger partial charge >= 0.3 is 6.61 Å². The lowest BCUT2D eigenvalue weighted by Crippen LogP contribution is -2.14. The van der Waals surface area contributed by atoms with Crippen LogP contribution in [-0.2, 0) is 0 Å². The molecular formula is C13H14F2O2. The zero-order valence-corrected chi connectivity index (χ0v) is 9.36. The van der Waals surface area contributed by atoms with Crippen LogP contribution < -0.4 is 4.74 Å². The molecule has 1 aliphatic carbocycles. The molecule has 1 aromatic carbocycles. The van der Waals surface area contributed by atoms with Gasteiger partial charge in [0.25, 0.3) is 0 Å². The molecule has 0 unspecified atom stereocenters. The highest BCUT2D eigenvalue weighted by atomic mass is 19.3. The van der Waals surface area contributed by atoms with Crippen molar-refractivity contribution >= 4 is 5.78 Å². The second-order valence-electron chi connectivity index (χ2n) is 4.22. The first-order valence-electron chi connectivity index (χ1n) is 5.76. The summed E-state index contributed by atoms with van der Waals surface area (Å²) in [7, 11) is 0. The number of rotatable bonds is 4. The quantitative estimate of drug-likeness (QED) is 0.751. The van der Waals surface area contributed by atoms with Gasteiger partial charge in [0.2, 0.25) is 0 Å². The third-order valence-corrected chi connectivity index (χ3v) is 3.09. The topological polar surface area (TPSA) is 26.3 Å². The number of ether oxygens (including phenoxy) is 1. The van der Waals surface area contributed by atoms with Crippen LogP contribution in [0.2, 0.25) is 0 Å². The summed E-state index contributed by atoms with van der Waals surface area (Å²) in [6.45, 7) is -2.90. The van der Waals surface area contributed by atoms with E-state index in [1.807, 2.05) is 0 Å². The number of benzene rings is 1. The molecule has 17 heavy (non-hydrogen) atoms. The van der Waals surface area contributed by atoms with Crippen molar-refractivity contribution in [2.24, 2.45) is 5.92 Å². The Hall–Kier alpha value is -1.45. The van der Waals surface area contributed by atoms with Crippen LogP contribution in [0.25, 0.3) is 0 Å². The van der Waals surface area contributed by atoms with Crippen LogP contribution in [0.4, 0.5) is 8.78 Å². The van der Waals surface area contributed by atoms with Crippen LogP contribution >= 0.6 is 0 Å². The van der Waals surface area contributed by atoms with Gasteiger partial charge in [0.1, 0.15) is 5.75 Å². The van der Waals surface area contributed by atoms with Gasteiger partial charge in [0.05, 0.1) is 5.56 Å². The van der Waals surface area contributed by atoms with Gasteiger partial charge in [-0.05, 0) is 25.0 Å². The third kappa shape index (κ3) is 2.81. The molecule has 0 aliphatic heterocycles. The SMILES string of the molecule is O=C(c1ccccc1OC(F)F)C1CCCC1. The lowest BCUT2D eigenvalue weighted by atomic mass is 9.96. The van der Waals surface area contributed by atoms with E-state index in [1.165, 1.54) is 6.07 Å². The third-order valence-electron chi connectivity index (χ3n) is 3.09. The minimum Gasteiger partial charge on any atom is -0.434 e. The van der Waals surface area contributed by atoms with E-state index in [4.69, 9.17) is 0 Å². The van der Waals surface area contributed by atoms with Gasteiger partial charge in [0.15, 0.2) is 5.78 Å². The Balaban J connectivity index is 2.21. The summed E-state index contributed by atoms with van der Waals surface area (Å²) in [6, 6.07) is 6.22. The molecule has 4 heteroatoms. The maximum atomic E-state index is 12.2. The molecule has 2 nitrogen and oxygen atoms in total. The van der Waals surface area contributed by atoms with E-state index in [0.717, 1.165) is 25.7 Å². The molecule has 1 saturated carbocycles. The molecule has 0 bridgehead atoms. The molecule has 0 saturated heterocycles. The van der Waals surface area contributed by atoms with Crippen molar-refractivity contribution in [1.29, 1.82) is 0 Å². The number of Topliss-reactive ketones (excluding diaryl/α,β-unsaturated/α-hetero) is 1. The Kier molecular flexibility index (Phi) is 3.71. The average Bonchev–Trinajstić information content (AvgIpc) is 2.81. The largest absolute Gasteiger partial charge is 0.434 e. The summed E-state index contributed by atoms with van der Waals surface area (Å²) in [5, 5.41) is 0. The zero-order valence-electron chi connectivity index (χ0n) is 9.36. The van der Waals surface area contributed by atoms with Crippen LogP contribution in [-0.4, -0.2) is 12.4 Å². The number of para-hydroxylation sites is 1. The molecule has 1 fully saturated rings. The number of halogens is 2. The highest BCUT2D eigenvalue weighted by Gasteiger charge is 2.26. The fraction of sp³-hybridized carbons (Fsp3) is 0.462. The average molecular weight is 240 g/mol. The highest BCUT2D eigenvalue weighted by molar-refractivity contribution is 6.00. The summed E-state index contributed by atoms with van der Waals surface area (Å²) < 4.78 is 28.8. The number of ketones is 1. The lowest BCUT2D eigenvalue weighted by molar-refractivity contribution is -0.0501. The van der Waals surface area contributed by atoms with Crippen molar-refractivity contribution in [3.8, 4) is 5.75 Å². The Morgan fingerprint density at radius 1 is 1.24 bits per heavy atom. The summed E-state index contributed by atoms with van der Waals surface area (Å²) in [6.07, 6.45) is 3.77. The normalized spacial score (nSPS) is 16.4. The first kappa shape index (κ1) is 12.0. The molecule has 0 N–H and O–H groups in total. The second kappa shape index (κ2) is 5.25. The minimum atomic E-state index is -2.90. The van der Waals surface area contributed by atoms with Gasteiger partial charge in [-0.3, -0.25) is 4.79 Å². The number of carbonyl (C=O) groups excluding carboxylic acids is 1. The fourth-order valence-corrected chi connectivity index (χ4v) is 2.28. The Bertz CT molecular complexity index is 398. The predicted molar refractivity (Wildman–Crippen MR) is 59.4 cm³/mol. The van der Waals surface area contributed by atoms with Crippen LogP contribution in [0.3, 0.4) is 0 Å². The van der Waals surface area contributed by atoms with E-state index in [2.05, 4.69) is 4.74 Å². The van der Waals surface area contributed by atoms with E-state index in [-0.39, 0.29) is 23.0 Å². The van der Waals surface area contributed by atoms with Crippen LogP contribution in [0.15, 0.2) is 24.3 Å². The standard InChI is InChI=1S/C13H14F2O2/c14-13(15)17-11-8-4-3-7-10(11)12(16)9-5-1-2-6-9/h3-4,7-9,13H,1-2,5-6H2. The zero-order chi connectivity index (χ0) is 12.3. The summed E-state index contributed by atoms with van der Waals surface area (Å²) in [5.74, 6) is -0.115. The van der Waals surface area contributed by atoms with Crippen molar-refractivity contribution in [1.82, 2.24) is 0 Å². The van der Waals surface area contributed by atoms with Gasteiger partial charge in [0, 0.05) is 5.92 Å². The van der Waals surface area contributed by atoms with Gasteiger partial charge in [-0.15, -0.1) is 0 Å². The number of hydrogen-bond donors (Lipinski definition) is 0. The highest BCUT2D eigenvalue weighted by Crippen LogP contribution is 2.31. The Labute approximate surface area is 98.6 Å². The number of carbonyl (C=O) groups is 1. The van der Waals surface area contributed by atoms with E-state index in [9.17, 15) is 13.6 Å². The Morgan fingerprint density at radius 3 is 2.53 bits per heavy atom. The maximum Gasteiger partial charge on any atom is 0.387 e. The van der Waals surface area contributed by atoms with E-state index < -0.39 is 6.61 Å². The molecule has 0 heterocycles. The molecule has 0 atom stereocenters. The molecular weight excluding hydrogens is 226 g/mol. The molecule has 92 valence electrons. The predicted octanol–water partition coefficient (Wildman–Crippen LogP) is 3.66. The van der Waals surface area contributed by atoms with Crippen molar-refractivity contribution < 1.29 is 18.3 Å². The van der Waals surface area contributed by atoms with Gasteiger partial charge in [-0.25, -0.2) is 0 Å². The van der Waals surface area contributed by atoms with Crippen molar-refractivity contribution in [3.63, 3.8) is 0 Å². The lowest BCUT2D eigenvalue weighted by Gasteiger charge is -2.12. The summed E-state index contributed by atoms with van der Waals surface area (Å²) >= 11 is 0. The van der Waals surface area contributed by atoms with Crippen molar-refractivity contribution in [2.75, 3.05) is 0 Å². The number of hydrogen-bond acceptors (Lipinski definition) is 2. The molecule has 2 rings (SSSR count). The molecule has 0 aromatic heterocycles. The first-order chi connectivity index (χ1) is 8.18. The molecule has 1 aliphatic rings. The molecule has 0 radical (unpaired) electrons. The van der Waals surface area contributed by atoms with E-state index in [0.29, 0.717) is 0 Å². The van der Waals surface area contributed by atoms with E-state index in [1.54, 1.807) is 18.2 Å². The van der Waals surface area contributed by atoms with Crippen LogP contribution in [0.1, 0.15) is 36.0 Å². The summed E-state index contributed by atoms with van der Waals surface area (Å²) in [5.41, 5.74) is 0.278. The Morgan fingerprint density at radius 2 is 1.88 bits per heavy atom. The van der Waals surface area contributed by atoms with E-state index >= 15 is 0 Å². The van der Waals surface area contributed by atoms with Gasteiger partial charge in [-0.1, -0.05) is 25.0 Å². The monoisotopic (exact) mass is 240 g/mol. The first-order valence-corrected chi connectivity index (χ1v) is 5.76. The summed E-state index contributed by atoms with van der Waals surface area (Å²) in [4.78, 5) is 12.1. The van der Waals surface area contributed by atoms with Crippen LogP contribution in [0.5, 0.6) is 5.75 Å². The fourth-order valence-electron chi connectivity index (χ4n) is 2.28. The smallest absolute Gasteiger partial charge is 0.387 e. The second-order valence-corrected chi connectivity index (χ2v) is 4.22. The van der Waals surface area contributed by atoms with Crippen LogP contribution in [0, 0.1) is 5.92 Å².